The predicted octanol–water partition coefficient (Wildman–Crippen LogP) is 5.02. The van der Waals surface area contributed by atoms with Crippen molar-refractivity contribution in [1.82, 2.24) is 19.7 Å². The molecule has 3 rings (SSSR count). The zero-order valence-corrected chi connectivity index (χ0v) is 19.3. The lowest BCUT2D eigenvalue weighted by Crippen LogP contribution is -2.45. The van der Waals surface area contributed by atoms with Gasteiger partial charge in [-0.2, -0.15) is 0 Å². The van der Waals surface area contributed by atoms with E-state index in [1.165, 1.54) is 11.8 Å². The fourth-order valence-electron chi connectivity index (χ4n) is 3.62. The van der Waals surface area contributed by atoms with Crippen molar-refractivity contribution in [3.8, 4) is 11.4 Å². The van der Waals surface area contributed by atoms with Crippen molar-refractivity contribution in [3.05, 3.63) is 54.0 Å². The average molecular weight is 427 g/mol. The summed E-state index contributed by atoms with van der Waals surface area (Å²) in [6, 6.07) is 12.2. The van der Waals surface area contributed by atoms with Crippen molar-refractivity contribution in [1.29, 1.82) is 0 Å². The highest BCUT2D eigenvalue weighted by molar-refractivity contribution is 8.00. The molecule has 0 aliphatic heterocycles. The van der Waals surface area contributed by atoms with E-state index in [0.717, 1.165) is 22.7 Å². The zero-order chi connectivity index (χ0) is 21.8. The van der Waals surface area contributed by atoms with E-state index in [1.54, 1.807) is 6.26 Å². The molecule has 3 aromatic rings. The number of amides is 1. The van der Waals surface area contributed by atoms with Crippen molar-refractivity contribution in [2.45, 2.75) is 70.6 Å². The number of furan rings is 1. The molecule has 0 spiro atoms. The van der Waals surface area contributed by atoms with Gasteiger partial charge in [-0.1, -0.05) is 36.0 Å². The van der Waals surface area contributed by atoms with Crippen LogP contribution < -0.4 is 0 Å². The van der Waals surface area contributed by atoms with Gasteiger partial charge in [-0.05, 0) is 59.2 Å². The second kappa shape index (κ2) is 9.51. The molecule has 7 heteroatoms. The number of benzene rings is 1. The Balaban J connectivity index is 1.94. The highest BCUT2D eigenvalue weighted by Gasteiger charge is 2.28. The third-order valence-electron chi connectivity index (χ3n) is 4.99. The van der Waals surface area contributed by atoms with Crippen LogP contribution in [0.4, 0.5) is 0 Å². The summed E-state index contributed by atoms with van der Waals surface area (Å²) < 4.78 is 7.61. The minimum absolute atomic E-state index is 0.106. The molecule has 1 amide bonds. The Morgan fingerprint density at radius 2 is 1.77 bits per heavy atom. The molecule has 1 aromatic carbocycles. The van der Waals surface area contributed by atoms with Crippen molar-refractivity contribution in [3.63, 3.8) is 0 Å². The van der Waals surface area contributed by atoms with Crippen LogP contribution in [0.3, 0.4) is 0 Å². The van der Waals surface area contributed by atoms with Gasteiger partial charge in [0.2, 0.25) is 5.91 Å². The van der Waals surface area contributed by atoms with Crippen LogP contribution in [0.15, 0.2) is 52.2 Å². The number of carbonyl (C=O) groups is 1. The van der Waals surface area contributed by atoms with Crippen LogP contribution in [0, 0.1) is 6.92 Å². The summed E-state index contributed by atoms with van der Waals surface area (Å²) in [6.07, 6.45) is 1.66. The Kier molecular flexibility index (Phi) is 7.02. The van der Waals surface area contributed by atoms with Crippen LogP contribution in [0.5, 0.6) is 0 Å². The van der Waals surface area contributed by atoms with E-state index in [2.05, 4.69) is 23.2 Å². The molecular formula is C23H30N4O2S. The largest absolute Gasteiger partial charge is 0.467 e. The maximum Gasteiger partial charge on any atom is 0.236 e. The molecule has 30 heavy (non-hydrogen) atoms. The van der Waals surface area contributed by atoms with E-state index in [9.17, 15) is 4.79 Å². The third kappa shape index (κ3) is 4.78. The molecule has 0 aliphatic carbocycles. The molecule has 0 saturated carbocycles. The number of hydrogen-bond acceptors (Lipinski definition) is 5. The molecule has 6 nitrogen and oxygen atoms in total. The summed E-state index contributed by atoms with van der Waals surface area (Å²) >= 11 is 1.44. The van der Waals surface area contributed by atoms with Gasteiger partial charge in [0.15, 0.2) is 11.0 Å². The quantitative estimate of drug-likeness (QED) is 0.473. The van der Waals surface area contributed by atoms with Gasteiger partial charge in [0.25, 0.3) is 0 Å². The average Bonchev–Trinajstić information content (AvgIpc) is 3.33. The molecule has 0 radical (unpaired) electrons. The predicted molar refractivity (Wildman–Crippen MR) is 120 cm³/mol. The molecule has 0 fully saturated rings. The summed E-state index contributed by atoms with van der Waals surface area (Å²) in [5.41, 5.74) is 2.14. The van der Waals surface area contributed by atoms with Crippen molar-refractivity contribution in [2.24, 2.45) is 0 Å². The summed E-state index contributed by atoms with van der Waals surface area (Å²) in [5.74, 6) is 1.70. The SMILES string of the molecule is Cc1ccccc1-c1nnc(SC(C)C(=O)N(C(C)C)C(C)C)n1Cc1ccco1. The minimum Gasteiger partial charge on any atom is -0.467 e. The van der Waals surface area contributed by atoms with E-state index in [4.69, 9.17) is 4.42 Å². The van der Waals surface area contributed by atoms with Crippen LogP contribution >= 0.6 is 11.8 Å². The third-order valence-corrected chi connectivity index (χ3v) is 6.06. The van der Waals surface area contributed by atoms with E-state index in [1.807, 2.05) is 74.4 Å². The Hall–Kier alpha value is -2.54. The summed E-state index contributed by atoms with van der Waals surface area (Å²) in [6.45, 7) is 12.7. The van der Waals surface area contributed by atoms with Crippen molar-refractivity contribution < 1.29 is 9.21 Å². The number of thioether (sulfide) groups is 1. The molecule has 1 unspecified atom stereocenters. The lowest BCUT2D eigenvalue weighted by molar-refractivity contribution is -0.133. The van der Waals surface area contributed by atoms with Gasteiger partial charge in [-0.3, -0.25) is 9.36 Å². The van der Waals surface area contributed by atoms with E-state index in [0.29, 0.717) is 11.7 Å². The van der Waals surface area contributed by atoms with Crippen LogP contribution in [0.25, 0.3) is 11.4 Å². The summed E-state index contributed by atoms with van der Waals surface area (Å²) in [4.78, 5) is 15.0. The summed E-state index contributed by atoms with van der Waals surface area (Å²) in [5, 5.41) is 9.36. The molecule has 0 saturated heterocycles. The summed E-state index contributed by atoms with van der Waals surface area (Å²) in [7, 11) is 0. The highest BCUT2D eigenvalue weighted by atomic mass is 32.2. The standard InChI is InChI=1S/C23H30N4O2S/c1-15(2)27(16(3)4)22(28)18(6)30-23-25-24-21(20-12-8-7-10-17(20)5)26(23)14-19-11-9-13-29-19/h7-13,15-16,18H,14H2,1-6H3. The molecule has 2 heterocycles. The van der Waals surface area contributed by atoms with Gasteiger partial charge < -0.3 is 9.32 Å². The van der Waals surface area contributed by atoms with Gasteiger partial charge in [-0.25, -0.2) is 0 Å². The number of carbonyl (C=O) groups excluding carboxylic acids is 1. The topological polar surface area (TPSA) is 64.2 Å². The maximum atomic E-state index is 13.1. The normalized spacial score (nSPS) is 12.5. The number of aromatic nitrogens is 3. The monoisotopic (exact) mass is 426 g/mol. The number of aryl methyl sites for hydroxylation is 1. The Bertz CT molecular complexity index is 971. The lowest BCUT2D eigenvalue weighted by Gasteiger charge is -2.32. The zero-order valence-electron chi connectivity index (χ0n) is 18.5. The van der Waals surface area contributed by atoms with E-state index >= 15 is 0 Å². The van der Waals surface area contributed by atoms with Gasteiger partial charge in [0, 0.05) is 17.6 Å². The van der Waals surface area contributed by atoms with Gasteiger partial charge in [0.05, 0.1) is 18.1 Å². The van der Waals surface area contributed by atoms with Crippen LogP contribution in [-0.2, 0) is 11.3 Å². The van der Waals surface area contributed by atoms with Gasteiger partial charge >= 0.3 is 0 Å². The molecular weight excluding hydrogens is 396 g/mol. The van der Waals surface area contributed by atoms with Crippen molar-refractivity contribution in [2.75, 3.05) is 0 Å². The Morgan fingerprint density at radius 3 is 2.37 bits per heavy atom. The molecule has 1 atom stereocenters. The molecule has 0 N–H and O–H groups in total. The smallest absolute Gasteiger partial charge is 0.236 e. The molecule has 2 aromatic heterocycles. The number of nitrogens with zero attached hydrogens (tertiary/aromatic N) is 4. The fraction of sp³-hybridized carbons (Fsp3) is 0.435. The highest BCUT2D eigenvalue weighted by Crippen LogP contribution is 2.30. The fourth-order valence-corrected chi connectivity index (χ4v) is 4.53. The second-order valence-corrected chi connectivity index (χ2v) is 9.29. The first-order valence-electron chi connectivity index (χ1n) is 10.3. The first kappa shape index (κ1) is 22.2. The minimum atomic E-state index is -0.279. The van der Waals surface area contributed by atoms with Gasteiger partial charge in [0.1, 0.15) is 5.76 Å². The Morgan fingerprint density at radius 1 is 1.07 bits per heavy atom. The second-order valence-electron chi connectivity index (χ2n) is 7.98. The van der Waals surface area contributed by atoms with Gasteiger partial charge in [-0.15, -0.1) is 10.2 Å². The lowest BCUT2D eigenvalue weighted by atomic mass is 10.1. The maximum absolute atomic E-state index is 13.1. The van der Waals surface area contributed by atoms with Crippen LogP contribution in [0.2, 0.25) is 0 Å². The molecule has 0 aliphatic rings. The van der Waals surface area contributed by atoms with Crippen molar-refractivity contribution >= 4 is 17.7 Å². The van der Waals surface area contributed by atoms with E-state index < -0.39 is 0 Å². The first-order chi connectivity index (χ1) is 14.3. The number of rotatable bonds is 8. The van der Waals surface area contributed by atoms with Crippen LogP contribution in [0.1, 0.15) is 45.9 Å². The van der Waals surface area contributed by atoms with E-state index in [-0.39, 0.29) is 23.2 Å². The van der Waals surface area contributed by atoms with Crippen LogP contribution in [-0.4, -0.2) is 42.9 Å². The first-order valence-corrected chi connectivity index (χ1v) is 11.2. The Labute approximate surface area is 182 Å². The molecule has 0 bridgehead atoms. The number of hydrogen-bond donors (Lipinski definition) is 0. The molecule has 160 valence electrons.